The molecule has 0 aliphatic heterocycles. The molecule has 0 bridgehead atoms. The zero-order valence-electron chi connectivity index (χ0n) is 15.7. The number of fused-ring (bicyclic) bond motifs is 4. The molecule has 4 rings (SSSR count). The zero-order valence-corrected chi connectivity index (χ0v) is 16.6. The van der Waals surface area contributed by atoms with E-state index in [2.05, 4.69) is 17.2 Å². The van der Waals surface area contributed by atoms with Crippen LogP contribution >= 0.6 is 12.8 Å². The number of thiol groups is 1. The van der Waals surface area contributed by atoms with Crippen molar-refractivity contribution in [2.24, 2.45) is 4.40 Å². The fourth-order valence-corrected chi connectivity index (χ4v) is 4.09. The summed E-state index contributed by atoms with van der Waals surface area (Å²) in [6.07, 6.45) is 0. The Labute approximate surface area is 161 Å². The van der Waals surface area contributed by atoms with Crippen LogP contribution in [0.1, 0.15) is 50.7 Å². The second-order valence-corrected chi connectivity index (χ2v) is 7.65. The number of aromatic nitrogens is 2. The number of nitrogens with zero attached hydrogens (tertiary/aromatic N) is 3. The van der Waals surface area contributed by atoms with Crippen LogP contribution in [0.25, 0.3) is 32.8 Å². The molecule has 0 unspecified atom stereocenters. The molecule has 136 valence electrons. The van der Waals surface area contributed by atoms with E-state index < -0.39 is 0 Å². The summed E-state index contributed by atoms with van der Waals surface area (Å²) in [6, 6.07) is 7.45. The molecular weight excluding hydrogens is 356 g/mol. The maximum absolute atomic E-state index is 12.9. The van der Waals surface area contributed by atoms with Crippen LogP contribution in [0.4, 0.5) is 0 Å². The Morgan fingerprint density at radius 3 is 2.04 bits per heavy atom. The lowest BCUT2D eigenvalue weighted by Gasteiger charge is -2.15. The van der Waals surface area contributed by atoms with Crippen LogP contribution in [-0.2, 0) is 0 Å². The van der Waals surface area contributed by atoms with Crippen molar-refractivity contribution in [1.82, 2.24) is 9.97 Å². The summed E-state index contributed by atoms with van der Waals surface area (Å²) in [4.78, 5) is 22.5. The Morgan fingerprint density at radius 2 is 1.44 bits per heavy atom. The molecule has 1 N–H and O–H groups in total. The topological polar surface area (TPSA) is 79.1 Å². The van der Waals surface area contributed by atoms with Gasteiger partial charge in [0.1, 0.15) is 16.4 Å². The SMILES string of the molecule is CC(C)c1c(=N)/c(=N\S)c(C(C)C)c2nc3c(=O)c4ccccc4c3nc12. The van der Waals surface area contributed by atoms with Gasteiger partial charge in [0.05, 0.1) is 16.4 Å². The molecule has 0 fully saturated rings. The highest BCUT2D eigenvalue weighted by Gasteiger charge is 2.22. The van der Waals surface area contributed by atoms with Crippen molar-refractivity contribution < 1.29 is 0 Å². The number of nitrogens with one attached hydrogen (secondary N) is 1. The Balaban J connectivity index is 2.39. The minimum Gasteiger partial charge on any atom is -0.298 e. The van der Waals surface area contributed by atoms with Crippen molar-refractivity contribution >= 4 is 45.7 Å². The van der Waals surface area contributed by atoms with Crippen LogP contribution in [-0.4, -0.2) is 9.97 Å². The fourth-order valence-electron chi connectivity index (χ4n) is 3.88. The van der Waals surface area contributed by atoms with E-state index in [1.54, 1.807) is 0 Å². The molecule has 0 atom stereocenters. The molecule has 1 aromatic heterocycles. The summed E-state index contributed by atoms with van der Waals surface area (Å²) in [5, 5.41) is 11.0. The summed E-state index contributed by atoms with van der Waals surface area (Å²) in [5.41, 5.74) is 3.82. The molecule has 0 radical (unpaired) electrons. The minimum atomic E-state index is -0.102. The van der Waals surface area contributed by atoms with Crippen LogP contribution in [0.15, 0.2) is 33.5 Å². The van der Waals surface area contributed by atoms with Crippen molar-refractivity contribution in [2.75, 3.05) is 0 Å². The van der Waals surface area contributed by atoms with Gasteiger partial charge < -0.3 is 0 Å². The van der Waals surface area contributed by atoms with Crippen molar-refractivity contribution in [2.45, 2.75) is 39.5 Å². The van der Waals surface area contributed by atoms with Crippen molar-refractivity contribution in [3.8, 4) is 0 Å². The molecule has 27 heavy (non-hydrogen) atoms. The Morgan fingerprint density at radius 1 is 0.889 bits per heavy atom. The van der Waals surface area contributed by atoms with E-state index in [-0.39, 0.29) is 17.3 Å². The van der Waals surface area contributed by atoms with Gasteiger partial charge in [-0.15, -0.1) is 0 Å². The molecule has 0 saturated heterocycles. The van der Waals surface area contributed by atoms with Crippen LogP contribution in [0.3, 0.4) is 0 Å². The molecule has 0 spiro atoms. The molecule has 4 aromatic rings. The quantitative estimate of drug-likeness (QED) is 0.524. The Bertz CT molecular complexity index is 1380. The first-order valence-electron chi connectivity index (χ1n) is 8.99. The number of hydrogen-bond acceptors (Lipinski definition) is 6. The first kappa shape index (κ1) is 17.8. The monoisotopic (exact) mass is 376 g/mol. The maximum atomic E-state index is 12.9. The molecule has 5 nitrogen and oxygen atoms in total. The molecule has 0 aliphatic rings. The highest BCUT2D eigenvalue weighted by atomic mass is 32.1. The Hall–Kier alpha value is -2.60. The molecule has 0 amide bonds. The second-order valence-electron chi connectivity index (χ2n) is 7.45. The summed E-state index contributed by atoms with van der Waals surface area (Å²) in [5.74, 6) is 0.129. The standard InChI is InChI=1S/C21H20N4OS/c1-9(2)13-15(22)17(25-27)14(10(3)4)19-18(13)23-16-11-7-5-6-8-12(11)21(26)20(16)24-19/h5-10,22,27H,1-4H3/b22-15?,25-17-. The van der Waals surface area contributed by atoms with Gasteiger partial charge in [0.2, 0.25) is 5.43 Å². The predicted molar refractivity (Wildman–Crippen MR) is 112 cm³/mol. The van der Waals surface area contributed by atoms with E-state index in [1.165, 1.54) is 0 Å². The normalized spacial score (nSPS) is 13.1. The van der Waals surface area contributed by atoms with Gasteiger partial charge in [-0.1, -0.05) is 52.0 Å². The molecule has 3 aromatic carbocycles. The predicted octanol–water partition coefficient (Wildman–Crippen LogP) is 3.64. The van der Waals surface area contributed by atoms with Gasteiger partial charge in [-0.05, 0) is 24.7 Å². The van der Waals surface area contributed by atoms with Gasteiger partial charge in [-0.2, -0.15) is 0 Å². The highest BCUT2D eigenvalue weighted by Crippen LogP contribution is 2.29. The van der Waals surface area contributed by atoms with Crippen molar-refractivity contribution in [3.05, 3.63) is 56.3 Å². The molecule has 0 aliphatic carbocycles. The lowest BCUT2D eigenvalue weighted by atomic mass is 9.92. The third-order valence-corrected chi connectivity index (χ3v) is 5.26. The summed E-state index contributed by atoms with van der Waals surface area (Å²) >= 11 is 4.11. The van der Waals surface area contributed by atoms with E-state index in [0.29, 0.717) is 38.2 Å². The lowest BCUT2D eigenvalue weighted by molar-refractivity contribution is 0.821. The van der Waals surface area contributed by atoms with Gasteiger partial charge >= 0.3 is 0 Å². The van der Waals surface area contributed by atoms with Crippen LogP contribution in [0, 0.1) is 5.41 Å². The van der Waals surface area contributed by atoms with Crippen LogP contribution in [0.2, 0.25) is 0 Å². The first-order chi connectivity index (χ1) is 12.9. The molecular formula is C21H20N4OS. The highest BCUT2D eigenvalue weighted by molar-refractivity contribution is 7.78. The lowest BCUT2D eigenvalue weighted by Crippen LogP contribution is -2.33. The number of hydrogen-bond donors (Lipinski definition) is 2. The average Bonchev–Trinajstić information content (AvgIpc) is 2.91. The van der Waals surface area contributed by atoms with E-state index in [9.17, 15) is 4.79 Å². The smallest absolute Gasteiger partial charge is 0.214 e. The van der Waals surface area contributed by atoms with E-state index in [4.69, 9.17) is 15.4 Å². The third-order valence-electron chi connectivity index (χ3n) is 5.06. The summed E-state index contributed by atoms with van der Waals surface area (Å²) in [6.45, 7) is 8.10. The Kier molecular flexibility index (Phi) is 4.11. The molecule has 6 heteroatoms. The third kappa shape index (κ3) is 2.43. The molecule has 1 heterocycles. The fraction of sp³-hybridized carbons (Fsp3) is 0.286. The number of rotatable bonds is 2. The summed E-state index contributed by atoms with van der Waals surface area (Å²) in [7, 11) is 0. The van der Waals surface area contributed by atoms with E-state index >= 15 is 0 Å². The van der Waals surface area contributed by atoms with Gasteiger partial charge in [-0.25, -0.2) is 14.4 Å². The average molecular weight is 376 g/mol. The van der Waals surface area contributed by atoms with E-state index in [0.717, 1.165) is 16.5 Å². The maximum Gasteiger partial charge on any atom is 0.214 e. The van der Waals surface area contributed by atoms with Gasteiger partial charge in [0.25, 0.3) is 0 Å². The number of benzene rings is 2. The van der Waals surface area contributed by atoms with Crippen LogP contribution < -0.4 is 16.1 Å². The van der Waals surface area contributed by atoms with Crippen LogP contribution in [0.5, 0.6) is 0 Å². The van der Waals surface area contributed by atoms with Crippen molar-refractivity contribution in [3.63, 3.8) is 0 Å². The largest absolute Gasteiger partial charge is 0.298 e. The first-order valence-corrected chi connectivity index (χ1v) is 9.39. The van der Waals surface area contributed by atoms with Gasteiger partial charge in [0.15, 0.2) is 0 Å². The van der Waals surface area contributed by atoms with Gasteiger partial charge in [0, 0.05) is 21.9 Å². The minimum absolute atomic E-state index is 0.0646. The van der Waals surface area contributed by atoms with Crippen molar-refractivity contribution in [1.29, 1.82) is 5.41 Å². The zero-order chi connectivity index (χ0) is 19.5. The molecule has 0 saturated carbocycles. The van der Waals surface area contributed by atoms with Gasteiger partial charge in [-0.3, -0.25) is 10.2 Å². The second kappa shape index (κ2) is 6.23. The van der Waals surface area contributed by atoms with E-state index in [1.807, 2.05) is 52.0 Å². The summed E-state index contributed by atoms with van der Waals surface area (Å²) < 4.78 is 4.09.